The molecule has 0 aromatic heterocycles. The van der Waals surface area contributed by atoms with Gasteiger partial charge in [-0.2, -0.15) is 5.26 Å². The summed E-state index contributed by atoms with van der Waals surface area (Å²) in [5.41, 5.74) is 1.85. The van der Waals surface area contributed by atoms with Gasteiger partial charge in [0.2, 0.25) is 0 Å². The maximum absolute atomic E-state index is 12.6. The maximum Gasteiger partial charge on any atom is 0.178 e. The summed E-state index contributed by atoms with van der Waals surface area (Å²) in [7, 11) is 0. The smallest absolute Gasteiger partial charge is 0.178 e. The van der Waals surface area contributed by atoms with Crippen molar-refractivity contribution in [3.63, 3.8) is 0 Å². The molecule has 0 amide bonds. The molecule has 1 fully saturated rings. The Kier molecular flexibility index (Phi) is 2.95. The van der Waals surface area contributed by atoms with Crippen molar-refractivity contribution < 1.29 is 4.79 Å². The van der Waals surface area contributed by atoms with Gasteiger partial charge in [-0.15, -0.1) is 0 Å². The number of ketones is 1. The molecule has 0 aromatic carbocycles. The Bertz CT molecular complexity index is 712. The Morgan fingerprint density at radius 1 is 1.32 bits per heavy atom. The zero-order valence-corrected chi connectivity index (χ0v) is 13.9. The Morgan fingerprint density at radius 3 is 2.64 bits per heavy atom. The van der Waals surface area contributed by atoms with Gasteiger partial charge in [0.1, 0.15) is 6.07 Å². The summed E-state index contributed by atoms with van der Waals surface area (Å²) in [5.74, 6) is 0.218. The van der Waals surface area contributed by atoms with Crippen LogP contribution < -0.4 is 0 Å². The minimum absolute atomic E-state index is 0.0000265. The highest BCUT2D eigenvalue weighted by Gasteiger charge is 2.57. The Labute approximate surface area is 132 Å². The van der Waals surface area contributed by atoms with E-state index in [0.717, 1.165) is 18.4 Å². The van der Waals surface area contributed by atoms with Gasteiger partial charge in [-0.3, -0.25) is 4.79 Å². The van der Waals surface area contributed by atoms with Crippen LogP contribution in [0.3, 0.4) is 0 Å². The number of nitrogens with zero attached hydrogens (tertiary/aromatic N) is 1. The van der Waals surface area contributed by atoms with Crippen LogP contribution in [0, 0.1) is 33.5 Å². The van der Waals surface area contributed by atoms with E-state index >= 15 is 0 Å². The van der Waals surface area contributed by atoms with Crippen LogP contribution >= 0.6 is 0 Å². The van der Waals surface area contributed by atoms with E-state index in [-0.39, 0.29) is 22.5 Å². The molecule has 0 heterocycles. The fraction of sp³-hybridized carbons (Fsp3) is 0.500. The lowest BCUT2D eigenvalue weighted by Gasteiger charge is -2.57. The number of hydrogen-bond acceptors (Lipinski definition) is 2. The Balaban J connectivity index is 2.26. The first kappa shape index (κ1) is 15.0. The molecule has 0 radical (unpaired) electrons. The van der Waals surface area contributed by atoms with Crippen LogP contribution in [0.25, 0.3) is 0 Å². The minimum Gasteiger partial charge on any atom is -0.293 e. The van der Waals surface area contributed by atoms with Gasteiger partial charge in [0, 0.05) is 16.2 Å². The van der Waals surface area contributed by atoms with Crippen LogP contribution in [-0.2, 0) is 4.79 Å². The maximum atomic E-state index is 12.6. The van der Waals surface area contributed by atoms with Crippen LogP contribution in [-0.4, -0.2) is 5.78 Å². The molecule has 0 saturated heterocycles. The molecule has 3 atom stereocenters. The predicted molar refractivity (Wildman–Crippen MR) is 87.8 cm³/mol. The second-order valence-electron chi connectivity index (χ2n) is 7.98. The van der Waals surface area contributed by atoms with Crippen molar-refractivity contribution in [1.82, 2.24) is 0 Å². The first-order chi connectivity index (χ1) is 10.1. The van der Waals surface area contributed by atoms with E-state index < -0.39 is 5.41 Å². The number of fused-ring (bicyclic) bond motifs is 3. The van der Waals surface area contributed by atoms with E-state index in [1.165, 1.54) is 5.57 Å². The van der Waals surface area contributed by atoms with E-state index in [9.17, 15) is 10.1 Å². The van der Waals surface area contributed by atoms with Gasteiger partial charge in [0.15, 0.2) is 5.78 Å². The van der Waals surface area contributed by atoms with Crippen LogP contribution in [0.1, 0.15) is 40.5 Å². The largest absolute Gasteiger partial charge is 0.293 e. The SMILES string of the molecule is C=C1C=CC2(C)CCC3C(C)(C)C(=O)C(C#N)=CC3(C)C2=C1. The van der Waals surface area contributed by atoms with E-state index in [2.05, 4.69) is 44.7 Å². The quantitative estimate of drug-likeness (QED) is 0.659. The molecule has 0 N–H and O–H groups in total. The summed E-state index contributed by atoms with van der Waals surface area (Å²) < 4.78 is 0. The van der Waals surface area contributed by atoms with Crippen molar-refractivity contribution in [2.75, 3.05) is 0 Å². The molecule has 22 heavy (non-hydrogen) atoms. The third-order valence-electron chi connectivity index (χ3n) is 6.13. The van der Waals surface area contributed by atoms with Gasteiger partial charge < -0.3 is 0 Å². The molecule has 3 aliphatic carbocycles. The molecule has 2 nitrogen and oxygen atoms in total. The first-order valence-corrected chi connectivity index (χ1v) is 7.94. The number of rotatable bonds is 0. The summed E-state index contributed by atoms with van der Waals surface area (Å²) in [4.78, 5) is 12.6. The molecule has 3 rings (SSSR count). The lowest BCUT2D eigenvalue weighted by atomic mass is 9.46. The van der Waals surface area contributed by atoms with Gasteiger partial charge in [0.05, 0.1) is 5.57 Å². The monoisotopic (exact) mass is 293 g/mol. The molecule has 0 aromatic rings. The van der Waals surface area contributed by atoms with Crippen LogP contribution in [0.15, 0.2) is 47.6 Å². The van der Waals surface area contributed by atoms with Crippen molar-refractivity contribution in [2.24, 2.45) is 22.2 Å². The number of nitriles is 1. The zero-order chi connectivity index (χ0) is 16.3. The van der Waals surface area contributed by atoms with E-state index in [0.29, 0.717) is 5.57 Å². The number of carbonyl (C=O) groups is 1. The molecule has 2 heteroatoms. The highest BCUT2D eigenvalue weighted by Crippen LogP contribution is 2.63. The number of hydrogen-bond donors (Lipinski definition) is 0. The summed E-state index contributed by atoms with van der Waals surface area (Å²) >= 11 is 0. The molecule has 1 saturated carbocycles. The van der Waals surface area contributed by atoms with Crippen LogP contribution in [0.5, 0.6) is 0 Å². The molecular weight excluding hydrogens is 270 g/mol. The molecular formula is C20H23NO. The van der Waals surface area contributed by atoms with Crippen molar-refractivity contribution in [3.05, 3.63) is 47.6 Å². The fourth-order valence-corrected chi connectivity index (χ4v) is 4.94. The third kappa shape index (κ3) is 1.75. The fourth-order valence-electron chi connectivity index (χ4n) is 4.94. The second kappa shape index (κ2) is 4.32. The van der Waals surface area contributed by atoms with Gasteiger partial charge in [-0.25, -0.2) is 0 Å². The molecule has 3 aliphatic rings. The molecule has 0 spiro atoms. The average Bonchev–Trinajstić information content (AvgIpc) is 2.45. The molecule has 0 aliphatic heterocycles. The zero-order valence-electron chi connectivity index (χ0n) is 13.9. The van der Waals surface area contributed by atoms with Crippen molar-refractivity contribution >= 4 is 5.78 Å². The normalized spacial score (nSPS) is 39.3. The Morgan fingerprint density at radius 2 is 2.00 bits per heavy atom. The van der Waals surface area contributed by atoms with Crippen molar-refractivity contribution in [2.45, 2.75) is 40.5 Å². The van der Waals surface area contributed by atoms with Crippen LogP contribution in [0.2, 0.25) is 0 Å². The predicted octanol–water partition coefficient (Wildman–Crippen LogP) is 4.52. The van der Waals surface area contributed by atoms with Gasteiger partial charge in [-0.05, 0) is 29.9 Å². The van der Waals surface area contributed by atoms with Gasteiger partial charge >= 0.3 is 0 Å². The topological polar surface area (TPSA) is 40.9 Å². The highest BCUT2D eigenvalue weighted by atomic mass is 16.1. The molecule has 3 unspecified atom stereocenters. The minimum atomic E-state index is -0.501. The lowest BCUT2D eigenvalue weighted by Crippen LogP contribution is -2.52. The summed E-state index contributed by atoms with van der Waals surface area (Å²) in [5, 5.41) is 9.42. The van der Waals surface area contributed by atoms with Crippen LogP contribution in [0.4, 0.5) is 0 Å². The highest BCUT2D eigenvalue weighted by molar-refractivity contribution is 6.04. The summed E-state index contributed by atoms with van der Waals surface area (Å²) in [6, 6.07) is 2.13. The van der Waals surface area contributed by atoms with Crippen molar-refractivity contribution in [3.8, 4) is 6.07 Å². The lowest BCUT2D eigenvalue weighted by molar-refractivity contribution is -0.130. The van der Waals surface area contributed by atoms with Crippen molar-refractivity contribution in [1.29, 1.82) is 5.26 Å². The average molecular weight is 293 g/mol. The van der Waals surface area contributed by atoms with Gasteiger partial charge in [-0.1, -0.05) is 58.6 Å². The van der Waals surface area contributed by atoms with E-state index in [1.54, 1.807) is 0 Å². The molecule has 114 valence electrons. The van der Waals surface area contributed by atoms with E-state index in [4.69, 9.17) is 0 Å². The standard InChI is InChI=1S/C20H23NO/c1-13-6-8-19(4)9-7-15-18(2,3)17(22)14(12-21)11-20(15,5)16(19)10-13/h6,8,10-11,15H,1,7,9H2,2-5H3. The second-order valence-corrected chi connectivity index (χ2v) is 7.98. The van der Waals surface area contributed by atoms with Gasteiger partial charge in [0.25, 0.3) is 0 Å². The Hall–Kier alpha value is -1.88. The summed E-state index contributed by atoms with van der Waals surface area (Å²) in [6.07, 6.45) is 10.5. The van der Waals surface area contributed by atoms with E-state index in [1.807, 2.05) is 19.9 Å². The number of allylic oxidation sites excluding steroid dienone is 7. The first-order valence-electron chi connectivity index (χ1n) is 7.94. The number of carbonyl (C=O) groups excluding carboxylic acids is 1. The number of Topliss-reactive ketones (excluding diaryl/α,β-unsaturated/α-hetero) is 1. The summed E-state index contributed by atoms with van der Waals surface area (Å²) in [6.45, 7) is 12.5. The molecule has 0 bridgehead atoms. The third-order valence-corrected chi connectivity index (χ3v) is 6.13.